The zero-order valence-corrected chi connectivity index (χ0v) is 25.4. The molecule has 0 unspecified atom stereocenters. The van der Waals surface area contributed by atoms with Crippen LogP contribution in [0.2, 0.25) is 0 Å². The number of carbonyl (C=O) groups excluding carboxylic acids is 2. The third kappa shape index (κ3) is 8.73. The highest BCUT2D eigenvalue weighted by Crippen LogP contribution is 2.29. The first kappa shape index (κ1) is 32.5. The van der Waals surface area contributed by atoms with Crippen LogP contribution in [0.25, 0.3) is 0 Å². The van der Waals surface area contributed by atoms with E-state index in [1.807, 2.05) is 34.6 Å². The Kier molecular flexibility index (Phi) is 11.3. The molecule has 2 fully saturated rings. The van der Waals surface area contributed by atoms with Crippen molar-refractivity contribution in [3.05, 3.63) is 17.6 Å². The van der Waals surface area contributed by atoms with E-state index in [1.165, 1.54) is 4.90 Å². The molecule has 0 saturated carbocycles. The predicted octanol–water partition coefficient (Wildman–Crippen LogP) is 3.65. The topological polar surface area (TPSA) is 128 Å². The lowest BCUT2D eigenvalue weighted by Gasteiger charge is -2.43. The number of anilines is 1. The van der Waals surface area contributed by atoms with Crippen molar-refractivity contribution in [1.29, 1.82) is 0 Å². The van der Waals surface area contributed by atoms with E-state index in [2.05, 4.69) is 10.3 Å². The van der Waals surface area contributed by atoms with E-state index in [0.29, 0.717) is 62.8 Å². The van der Waals surface area contributed by atoms with Gasteiger partial charge in [-0.15, -0.1) is 0 Å². The van der Waals surface area contributed by atoms with Crippen LogP contribution in [0.1, 0.15) is 76.5 Å². The fourth-order valence-corrected chi connectivity index (χ4v) is 5.36. The molecule has 2 saturated heterocycles. The minimum Gasteiger partial charge on any atom is -0.465 e. The smallest absolute Gasteiger partial charge is 0.407 e. The fraction of sp³-hybridized carbons (Fsp3) is 0.759. The van der Waals surface area contributed by atoms with Crippen LogP contribution in [0.4, 0.5) is 15.0 Å². The summed E-state index contributed by atoms with van der Waals surface area (Å²) in [7, 11) is 1.63. The van der Waals surface area contributed by atoms with E-state index in [0.717, 1.165) is 0 Å². The second-order valence-electron chi connectivity index (χ2n) is 12.6. The molecule has 0 radical (unpaired) electrons. The Bertz CT molecular complexity index is 1060. The molecule has 3 rings (SSSR count). The van der Waals surface area contributed by atoms with Crippen LogP contribution in [-0.4, -0.2) is 113 Å². The van der Waals surface area contributed by atoms with Crippen molar-refractivity contribution in [2.24, 2.45) is 11.8 Å². The minimum absolute atomic E-state index is 0.0552. The number of hydrogen-bond donors (Lipinski definition) is 2. The monoisotopic (exact) mass is 578 g/mol. The molecule has 2 N–H and O–H groups in total. The van der Waals surface area contributed by atoms with Gasteiger partial charge in [0.2, 0.25) is 5.91 Å². The highest BCUT2D eigenvalue weighted by molar-refractivity contribution is 5.98. The van der Waals surface area contributed by atoms with Gasteiger partial charge in [0, 0.05) is 64.6 Å². The van der Waals surface area contributed by atoms with Gasteiger partial charge in [-0.3, -0.25) is 9.59 Å². The van der Waals surface area contributed by atoms with Crippen LogP contribution < -0.4 is 5.32 Å². The van der Waals surface area contributed by atoms with Gasteiger partial charge in [-0.1, -0.05) is 34.6 Å². The van der Waals surface area contributed by atoms with Crippen LogP contribution >= 0.6 is 0 Å². The second kappa shape index (κ2) is 14.2. The Hall–Kier alpha value is -3.02. The summed E-state index contributed by atoms with van der Waals surface area (Å²) in [4.78, 5) is 53.6. The lowest BCUT2D eigenvalue weighted by atomic mass is 9.90. The fourth-order valence-electron chi connectivity index (χ4n) is 5.36. The molecule has 230 valence electrons. The number of amides is 3. The van der Waals surface area contributed by atoms with Crippen molar-refractivity contribution in [2.75, 3.05) is 58.3 Å². The van der Waals surface area contributed by atoms with Crippen LogP contribution in [0.5, 0.6) is 0 Å². The molecule has 2 aliphatic heterocycles. The first-order valence-corrected chi connectivity index (χ1v) is 14.6. The second-order valence-corrected chi connectivity index (χ2v) is 12.6. The molecule has 12 heteroatoms. The van der Waals surface area contributed by atoms with Crippen LogP contribution in [0, 0.1) is 11.8 Å². The van der Waals surface area contributed by atoms with Gasteiger partial charge in [0.05, 0.1) is 12.0 Å². The van der Waals surface area contributed by atoms with E-state index < -0.39 is 24.2 Å². The molecule has 2 aliphatic rings. The summed E-state index contributed by atoms with van der Waals surface area (Å²) in [6, 6.07) is -0.522. The van der Waals surface area contributed by atoms with E-state index in [-0.39, 0.29) is 49.1 Å². The molecule has 11 nitrogen and oxygen atoms in total. The summed E-state index contributed by atoms with van der Waals surface area (Å²) in [5, 5.41) is 13.2. The number of aromatic nitrogens is 2. The molecule has 1 aromatic heterocycles. The number of hydrogen-bond acceptors (Lipinski definition) is 7. The number of nitrogens with one attached hydrogen (secondary N) is 1. The molecule has 0 aromatic carbocycles. The number of carboxylic acid groups (broad SMARTS) is 1. The van der Waals surface area contributed by atoms with Gasteiger partial charge in [-0.05, 0) is 31.6 Å². The number of likely N-dealkylation sites (tertiary alicyclic amines) is 2. The predicted molar refractivity (Wildman–Crippen MR) is 154 cm³/mol. The standard InChI is InChI=1S/C29H47FN6O5/c1-19(2)16-36(26(38)23-15-32-27(29(3,4)5)33-24(23)31-10-7-13-41-6)22-14-20(17-35(18-22)28(39)40)25(37)34-11-8-21(30)9-12-34/h15,19-22H,7-14,16-18H2,1-6H3,(H,39,40)(H,31,32,33)/t20-,22+/m1/s1. The minimum atomic E-state index is -1.13. The zero-order chi connectivity index (χ0) is 30.3. The lowest BCUT2D eigenvalue weighted by Crippen LogP contribution is -2.57. The van der Waals surface area contributed by atoms with Gasteiger partial charge >= 0.3 is 6.09 Å². The SMILES string of the molecule is COCCCNc1nc(C(C)(C)C)ncc1C(=O)N(CC(C)C)[C@H]1C[C@@H](C(=O)N2CCC(F)CC2)CN(C(=O)O)C1. The maximum absolute atomic E-state index is 14.2. The molecular formula is C29H47FN6O5. The number of methoxy groups -OCH3 is 1. The number of halogens is 1. The lowest BCUT2D eigenvalue weighted by molar-refractivity contribution is -0.139. The zero-order valence-electron chi connectivity index (χ0n) is 25.4. The van der Waals surface area contributed by atoms with E-state index >= 15 is 0 Å². The van der Waals surface area contributed by atoms with Crippen LogP contribution in [0.3, 0.4) is 0 Å². The Morgan fingerprint density at radius 3 is 2.46 bits per heavy atom. The molecule has 0 aliphatic carbocycles. The van der Waals surface area contributed by atoms with Crippen molar-refractivity contribution in [1.82, 2.24) is 24.7 Å². The Morgan fingerprint density at radius 1 is 1.20 bits per heavy atom. The third-order valence-electron chi connectivity index (χ3n) is 7.56. The summed E-state index contributed by atoms with van der Waals surface area (Å²) >= 11 is 0. The maximum Gasteiger partial charge on any atom is 0.407 e. The molecular weight excluding hydrogens is 531 g/mol. The van der Waals surface area contributed by atoms with Crippen LogP contribution in [-0.2, 0) is 14.9 Å². The van der Waals surface area contributed by atoms with E-state index in [4.69, 9.17) is 9.72 Å². The Morgan fingerprint density at radius 2 is 1.88 bits per heavy atom. The normalized spacial score (nSPS) is 20.3. The number of piperidine rings is 2. The summed E-state index contributed by atoms with van der Waals surface area (Å²) < 4.78 is 18.9. The quantitative estimate of drug-likeness (QED) is 0.403. The molecule has 3 heterocycles. The maximum atomic E-state index is 14.2. The average molecular weight is 579 g/mol. The molecule has 41 heavy (non-hydrogen) atoms. The number of carbonyl (C=O) groups is 3. The summed E-state index contributed by atoms with van der Waals surface area (Å²) in [6.07, 6.45) is 1.11. The van der Waals surface area contributed by atoms with Gasteiger partial charge < -0.3 is 29.9 Å². The van der Waals surface area contributed by atoms with Gasteiger partial charge in [0.1, 0.15) is 23.4 Å². The number of ether oxygens (including phenoxy) is 1. The summed E-state index contributed by atoms with van der Waals surface area (Å²) in [6.45, 7) is 12.2. The first-order chi connectivity index (χ1) is 19.3. The van der Waals surface area contributed by atoms with Gasteiger partial charge in [0.25, 0.3) is 5.91 Å². The van der Waals surface area contributed by atoms with Crippen molar-refractivity contribution < 1.29 is 28.6 Å². The number of alkyl halides is 1. The van der Waals surface area contributed by atoms with Crippen molar-refractivity contribution in [3.8, 4) is 0 Å². The van der Waals surface area contributed by atoms with Crippen LogP contribution in [0.15, 0.2) is 6.20 Å². The summed E-state index contributed by atoms with van der Waals surface area (Å²) in [5.41, 5.74) is -0.0334. The van der Waals surface area contributed by atoms with E-state index in [1.54, 1.807) is 23.1 Å². The van der Waals surface area contributed by atoms with Gasteiger partial charge in [0.15, 0.2) is 0 Å². The first-order valence-electron chi connectivity index (χ1n) is 14.6. The average Bonchev–Trinajstić information content (AvgIpc) is 2.92. The number of nitrogens with zero attached hydrogens (tertiary/aromatic N) is 5. The van der Waals surface area contributed by atoms with Crippen molar-refractivity contribution in [2.45, 2.75) is 77.9 Å². The van der Waals surface area contributed by atoms with Gasteiger partial charge in [-0.25, -0.2) is 19.2 Å². The molecule has 3 amide bonds. The highest BCUT2D eigenvalue weighted by atomic mass is 19.1. The van der Waals surface area contributed by atoms with Crippen molar-refractivity contribution in [3.63, 3.8) is 0 Å². The number of rotatable bonds is 10. The summed E-state index contributed by atoms with van der Waals surface area (Å²) in [5.74, 6) is 0.00108. The Balaban J connectivity index is 1.93. The third-order valence-corrected chi connectivity index (χ3v) is 7.56. The largest absolute Gasteiger partial charge is 0.465 e. The van der Waals surface area contributed by atoms with Gasteiger partial charge in [-0.2, -0.15) is 0 Å². The Labute approximate surface area is 242 Å². The molecule has 0 bridgehead atoms. The molecule has 0 spiro atoms. The van der Waals surface area contributed by atoms with Crippen molar-refractivity contribution >= 4 is 23.7 Å². The highest BCUT2D eigenvalue weighted by Gasteiger charge is 2.41. The molecule has 2 atom stereocenters. The van der Waals surface area contributed by atoms with E-state index in [9.17, 15) is 23.9 Å². The molecule has 1 aromatic rings.